The number of benzene rings is 1. The lowest BCUT2D eigenvalue weighted by Gasteiger charge is -2.25. The van der Waals surface area contributed by atoms with Crippen LogP contribution in [0.15, 0.2) is 42.6 Å². The van der Waals surface area contributed by atoms with Gasteiger partial charge in [-0.05, 0) is 52.1 Å². The quantitative estimate of drug-likeness (QED) is 0.601. The van der Waals surface area contributed by atoms with Crippen molar-refractivity contribution in [2.24, 2.45) is 0 Å². The van der Waals surface area contributed by atoms with Gasteiger partial charge < -0.3 is 19.1 Å². The second kappa shape index (κ2) is 8.83. The molecule has 1 amide bonds. The number of nitrogens with zero attached hydrogens (tertiary/aromatic N) is 5. The second-order valence-electron chi connectivity index (χ2n) is 7.90. The topological polar surface area (TPSA) is 63.5 Å². The normalized spacial score (nSPS) is 16.5. The van der Waals surface area contributed by atoms with Gasteiger partial charge in [0, 0.05) is 31.9 Å². The minimum absolute atomic E-state index is 0.000416. The first kappa shape index (κ1) is 20.3. The number of rotatable bonds is 7. The van der Waals surface area contributed by atoms with Crippen molar-refractivity contribution in [3.8, 4) is 5.88 Å². The number of fused-ring (bicyclic) bond motifs is 1. The van der Waals surface area contributed by atoms with Gasteiger partial charge in [-0.2, -0.15) is 0 Å². The molecule has 1 aliphatic heterocycles. The molecule has 3 heterocycles. The molecule has 0 radical (unpaired) electrons. The van der Waals surface area contributed by atoms with Crippen LogP contribution in [0.25, 0.3) is 11.0 Å². The Hall–Kier alpha value is -2.93. The first-order valence-corrected chi connectivity index (χ1v) is 10.6. The fourth-order valence-electron chi connectivity index (χ4n) is 4.05. The Labute approximate surface area is 177 Å². The number of aromatic nitrogens is 3. The summed E-state index contributed by atoms with van der Waals surface area (Å²) >= 11 is 0. The Balaban J connectivity index is 1.53. The lowest BCUT2D eigenvalue weighted by molar-refractivity contribution is 0.0727. The third kappa shape index (κ3) is 4.03. The standard InChI is InChI=1S/C23H29N5O2/c1-4-27-19-9-6-5-8-18(19)25-22(27)20-10-7-13-28(20)23(29)17-11-12-21(24-16-17)30-15-14-26(2)3/h5-6,8-9,11-12,16,20H,4,7,10,13-15H2,1-3H3. The zero-order valence-electron chi connectivity index (χ0n) is 17.9. The van der Waals surface area contributed by atoms with Crippen LogP contribution in [0.2, 0.25) is 0 Å². The Bertz CT molecular complexity index is 1010. The average molecular weight is 408 g/mol. The van der Waals surface area contributed by atoms with Gasteiger partial charge in [-0.25, -0.2) is 9.97 Å². The lowest BCUT2D eigenvalue weighted by Crippen LogP contribution is -2.32. The van der Waals surface area contributed by atoms with Gasteiger partial charge >= 0.3 is 0 Å². The second-order valence-corrected chi connectivity index (χ2v) is 7.90. The third-order valence-corrected chi connectivity index (χ3v) is 5.58. The van der Waals surface area contributed by atoms with E-state index in [1.165, 1.54) is 0 Å². The maximum Gasteiger partial charge on any atom is 0.256 e. The van der Waals surface area contributed by atoms with E-state index < -0.39 is 0 Å². The summed E-state index contributed by atoms with van der Waals surface area (Å²) in [7, 11) is 4.00. The molecule has 2 aromatic heterocycles. The van der Waals surface area contributed by atoms with Crippen LogP contribution in [0.5, 0.6) is 5.88 Å². The maximum atomic E-state index is 13.3. The summed E-state index contributed by atoms with van der Waals surface area (Å²) in [6, 6.07) is 11.7. The van der Waals surface area contributed by atoms with Crippen LogP contribution in [-0.4, -0.2) is 64.0 Å². The number of carbonyl (C=O) groups excluding carboxylic acids is 1. The summed E-state index contributed by atoms with van der Waals surface area (Å²) in [5, 5.41) is 0. The molecule has 1 unspecified atom stereocenters. The van der Waals surface area contributed by atoms with E-state index in [0.29, 0.717) is 18.1 Å². The molecule has 1 atom stereocenters. The van der Waals surface area contributed by atoms with E-state index in [9.17, 15) is 4.79 Å². The van der Waals surface area contributed by atoms with E-state index >= 15 is 0 Å². The predicted molar refractivity (Wildman–Crippen MR) is 117 cm³/mol. The van der Waals surface area contributed by atoms with Gasteiger partial charge in [0.2, 0.25) is 5.88 Å². The number of aryl methyl sites for hydroxylation is 1. The summed E-state index contributed by atoms with van der Waals surface area (Å²) < 4.78 is 7.87. The Morgan fingerprint density at radius 3 is 2.80 bits per heavy atom. The average Bonchev–Trinajstić information content (AvgIpc) is 3.37. The smallest absolute Gasteiger partial charge is 0.256 e. The van der Waals surface area contributed by atoms with Crippen molar-refractivity contribution in [1.82, 2.24) is 24.3 Å². The number of pyridine rings is 1. The maximum absolute atomic E-state index is 13.3. The molecule has 0 bridgehead atoms. The fourth-order valence-corrected chi connectivity index (χ4v) is 4.05. The number of para-hydroxylation sites is 2. The van der Waals surface area contributed by atoms with Crippen LogP contribution in [0, 0.1) is 0 Å². The minimum atomic E-state index is -0.0131. The van der Waals surface area contributed by atoms with Crippen molar-refractivity contribution < 1.29 is 9.53 Å². The zero-order valence-corrected chi connectivity index (χ0v) is 17.9. The van der Waals surface area contributed by atoms with Crippen LogP contribution < -0.4 is 4.74 Å². The van der Waals surface area contributed by atoms with Crippen molar-refractivity contribution in [3.05, 3.63) is 54.0 Å². The van der Waals surface area contributed by atoms with Gasteiger partial charge in [0.05, 0.1) is 22.6 Å². The molecule has 1 fully saturated rings. The van der Waals surface area contributed by atoms with Gasteiger partial charge in [0.15, 0.2) is 0 Å². The molecule has 0 saturated carbocycles. The van der Waals surface area contributed by atoms with Crippen LogP contribution in [0.3, 0.4) is 0 Å². The highest BCUT2D eigenvalue weighted by atomic mass is 16.5. The largest absolute Gasteiger partial charge is 0.476 e. The highest BCUT2D eigenvalue weighted by molar-refractivity contribution is 5.94. The number of likely N-dealkylation sites (tertiary alicyclic amines) is 1. The molecule has 4 rings (SSSR count). The number of hydrogen-bond donors (Lipinski definition) is 0. The van der Waals surface area contributed by atoms with Gasteiger partial charge in [-0.3, -0.25) is 4.79 Å². The van der Waals surface area contributed by atoms with Crippen LogP contribution >= 0.6 is 0 Å². The van der Waals surface area contributed by atoms with Crippen molar-refractivity contribution in [2.45, 2.75) is 32.4 Å². The van der Waals surface area contributed by atoms with E-state index in [1.807, 2.05) is 37.2 Å². The summed E-state index contributed by atoms with van der Waals surface area (Å²) in [6.07, 6.45) is 3.52. The molecule has 0 spiro atoms. The number of hydrogen-bond acceptors (Lipinski definition) is 5. The lowest BCUT2D eigenvalue weighted by atomic mass is 10.2. The Kier molecular flexibility index (Phi) is 5.99. The van der Waals surface area contributed by atoms with Gasteiger partial charge in [0.1, 0.15) is 12.4 Å². The summed E-state index contributed by atoms with van der Waals surface area (Å²) in [5.74, 6) is 1.51. The number of imidazole rings is 1. The van der Waals surface area contributed by atoms with Crippen LogP contribution in [0.4, 0.5) is 0 Å². The molecule has 7 nitrogen and oxygen atoms in total. The summed E-state index contributed by atoms with van der Waals surface area (Å²) in [6.45, 7) is 5.06. The molecule has 3 aromatic rings. The van der Waals surface area contributed by atoms with Crippen molar-refractivity contribution in [2.75, 3.05) is 33.8 Å². The van der Waals surface area contributed by atoms with Crippen LogP contribution in [0.1, 0.15) is 42.0 Å². The first-order chi connectivity index (χ1) is 14.6. The minimum Gasteiger partial charge on any atom is -0.476 e. The number of amides is 1. The van der Waals surface area contributed by atoms with Crippen molar-refractivity contribution in [3.63, 3.8) is 0 Å². The number of likely N-dealkylation sites (N-methyl/N-ethyl adjacent to an activating group) is 1. The Morgan fingerprint density at radius 2 is 2.07 bits per heavy atom. The van der Waals surface area contributed by atoms with E-state index in [1.54, 1.807) is 18.3 Å². The summed E-state index contributed by atoms with van der Waals surface area (Å²) in [5.41, 5.74) is 2.69. The zero-order chi connectivity index (χ0) is 21.1. The van der Waals surface area contributed by atoms with E-state index in [2.05, 4.69) is 27.4 Å². The third-order valence-electron chi connectivity index (χ3n) is 5.58. The predicted octanol–water partition coefficient (Wildman–Crippen LogP) is 3.37. The van der Waals surface area contributed by atoms with Gasteiger partial charge in [-0.1, -0.05) is 12.1 Å². The molecule has 1 saturated heterocycles. The Morgan fingerprint density at radius 1 is 1.23 bits per heavy atom. The molecule has 7 heteroatoms. The highest BCUT2D eigenvalue weighted by Gasteiger charge is 2.34. The number of carbonyl (C=O) groups is 1. The molecule has 0 aliphatic carbocycles. The molecule has 0 N–H and O–H groups in total. The molecule has 30 heavy (non-hydrogen) atoms. The molecular weight excluding hydrogens is 378 g/mol. The van der Waals surface area contributed by atoms with E-state index in [-0.39, 0.29) is 11.9 Å². The molecule has 158 valence electrons. The monoisotopic (exact) mass is 407 g/mol. The molecule has 1 aliphatic rings. The number of ether oxygens (including phenoxy) is 1. The fraction of sp³-hybridized carbons (Fsp3) is 0.435. The van der Waals surface area contributed by atoms with Gasteiger partial charge in [0.25, 0.3) is 5.91 Å². The highest BCUT2D eigenvalue weighted by Crippen LogP contribution is 2.34. The van der Waals surface area contributed by atoms with Gasteiger partial charge in [-0.15, -0.1) is 0 Å². The molecule has 1 aromatic carbocycles. The first-order valence-electron chi connectivity index (χ1n) is 10.6. The van der Waals surface area contributed by atoms with E-state index in [4.69, 9.17) is 9.72 Å². The molecular formula is C23H29N5O2. The summed E-state index contributed by atoms with van der Waals surface area (Å²) in [4.78, 5) is 26.5. The SMILES string of the molecule is CCn1c(C2CCCN2C(=O)c2ccc(OCCN(C)C)nc2)nc2ccccc21. The van der Waals surface area contributed by atoms with Crippen molar-refractivity contribution >= 4 is 16.9 Å². The van der Waals surface area contributed by atoms with Crippen LogP contribution in [-0.2, 0) is 6.54 Å². The van der Waals surface area contributed by atoms with Crippen molar-refractivity contribution in [1.29, 1.82) is 0 Å². The van der Waals surface area contributed by atoms with E-state index in [0.717, 1.165) is 49.3 Å².